The average molecular weight is 227 g/mol. The monoisotopic (exact) mass is 227 g/mol. The van der Waals surface area contributed by atoms with Gasteiger partial charge >= 0.3 is 0 Å². The Morgan fingerprint density at radius 3 is 2.19 bits per heavy atom. The van der Waals surface area contributed by atoms with Gasteiger partial charge in [0.25, 0.3) is 0 Å². The summed E-state index contributed by atoms with van der Waals surface area (Å²) >= 11 is 0. The number of nitrogens with two attached hydrogens (primary N) is 1. The summed E-state index contributed by atoms with van der Waals surface area (Å²) in [5.41, 5.74) is 6.21. The van der Waals surface area contributed by atoms with Crippen molar-refractivity contribution in [2.24, 2.45) is 11.7 Å². The van der Waals surface area contributed by atoms with Crippen LogP contribution in [0.4, 0.5) is 0 Å². The molecule has 1 unspecified atom stereocenters. The zero-order valence-corrected chi connectivity index (χ0v) is 11.5. The number of likely N-dealkylation sites (N-methyl/N-ethyl adjacent to an activating group) is 2. The van der Waals surface area contributed by atoms with Gasteiger partial charge in [0.05, 0.1) is 0 Å². The highest BCUT2D eigenvalue weighted by Gasteiger charge is 2.39. The second-order valence-corrected chi connectivity index (χ2v) is 5.68. The predicted molar refractivity (Wildman–Crippen MR) is 70.6 cm³/mol. The van der Waals surface area contributed by atoms with Crippen molar-refractivity contribution < 1.29 is 0 Å². The largest absolute Gasteiger partial charge is 0.330 e. The molecule has 3 heteroatoms. The Bertz CT molecular complexity index is 195. The summed E-state index contributed by atoms with van der Waals surface area (Å²) in [6.45, 7) is 5.38. The van der Waals surface area contributed by atoms with Gasteiger partial charge in [-0.05, 0) is 52.9 Å². The molecule has 0 saturated heterocycles. The van der Waals surface area contributed by atoms with E-state index in [1.807, 2.05) is 0 Å². The average Bonchev–Trinajstić information content (AvgIpc) is 2.19. The number of nitrogens with zero attached hydrogens (tertiary/aromatic N) is 2. The third-order valence-electron chi connectivity index (χ3n) is 4.28. The zero-order valence-electron chi connectivity index (χ0n) is 11.5. The standard InChI is InChI=1S/C13H29N3/c1-5-12(9-14)10-16(4)11-13(15(2)3)7-6-8-13/h12H,5-11,14H2,1-4H3. The van der Waals surface area contributed by atoms with Gasteiger partial charge in [0.2, 0.25) is 0 Å². The molecule has 0 aromatic rings. The van der Waals surface area contributed by atoms with E-state index in [2.05, 4.69) is 37.9 Å². The van der Waals surface area contributed by atoms with Crippen molar-refractivity contribution in [2.75, 3.05) is 40.8 Å². The molecule has 0 spiro atoms. The summed E-state index contributed by atoms with van der Waals surface area (Å²) in [7, 11) is 6.67. The molecule has 1 atom stereocenters. The number of hydrogen-bond acceptors (Lipinski definition) is 3. The van der Waals surface area contributed by atoms with Crippen molar-refractivity contribution in [1.29, 1.82) is 0 Å². The SMILES string of the molecule is CCC(CN)CN(C)CC1(N(C)C)CCC1. The van der Waals surface area contributed by atoms with E-state index in [9.17, 15) is 0 Å². The maximum absolute atomic E-state index is 5.76. The lowest BCUT2D eigenvalue weighted by atomic mass is 9.75. The smallest absolute Gasteiger partial charge is 0.0330 e. The molecule has 0 bridgehead atoms. The van der Waals surface area contributed by atoms with Crippen LogP contribution in [0.5, 0.6) is 0 Å². The molecule has 0 radical (unpaired) electrons. The normalized spacial score (nSPS) is 21.2. The first kappa shape index (κ1) is 13.9. The second-order valence-electron chi connectivity index (χ2n) is 5.68. The fourth-order valence-corrected chi connectivity index (χ4v) is 2.71. The van der Waals surface area contributed by atoms with E-state index in [0.717, 1.165) is 13.1 Å². The van der Waals surface area contributed by atoms with Gasteiger partial charge in [0.15, 0.2) is 0 Å². The molecule has 0 aliphatic heterocycles. The van der Waals surface area contributed by atoms with Crippen molar-refractivity contribution in [3.63, 3.8) is 0 Å². The van der Waals surface area contributed by atoms with Gasteiger partial charge in [-0.2, -0.15) is 0 Å². The van der Waals surface area contributed by atoms with E-state index in [0.29, 0.717) is 11.5 Å². The van der Waals surface area contributed by atoms with E-state index < -0.39 is 0 Å². The predicted octanol–water partition coefficient (Wildman–Crippen LogP) is 1.39. The molecule has 2 N–H and O–H groups in total. The summed E-state index contributed by atoms with van der Waals surface area (Å²) in [5.74, 6) is 0.657. The van der Waals surface area contributed by atoms with Crippen molar-refractivity contribution in [2.45, 2.75) is 38.1 Å². The van der Waals surface area contributed by atoms with Crippen LogP contribution in [0, 0.1) is 5.92 Å². The summed E-state index contributed by atoms with van der Waals surface area (Å²) in [6.07, 6.45) is 5.28. The molecule has 0 aromatic heterocycles. The van der Waals surface area contributed by atoms with Crippen LogP contribution in [0.2, 0.25) is 0 Å². The molecule has 1 fully saturated rings. The maximum atomic E-state index is 5.76. The fourth-order valence-electron chi connectivity index (χ4n) is 2.71. The first-order chi connectivity index (χ1) is 7.54. The van der Waals surface area contributed by atoms with E-state index in [4.69, 9.17) is 5.73 Å². The van der Waals surface area contributed by atoms with Crippen molar-refractivity contribution >= 4 is 0 Å². The molecule has 16 heavy (non-hydrogen) atoms. The summed E-state index contributed by atoms with van der Waals surface area (Å²) in [5, 5.41) is 0. The minimum absolute atomic E-state index is 0.446. The van der Waals surface area contributed by atoms with Gasteiger partial charge in [-0.15, -0.1) is 0 Å². The summed E-state index contributed by atoms with van der Waals surface area (Å²) in [4.78, 5) is 4.89. The van der Waals surface area contributed by atoms with Crippen molar-refractivity contribution in [1.82, 2.24) is 9.80 Å². The molecule has 1 aliphatic rings. The molecule has 96 valence electrons. The van der Waals surface area contributed by atoms with Crippen LogP contribution < -0.4 is 5.73 Å². The Morgan fingerprint density at radius 2 is 1.88 bits per heavy atom. The van der Waals surface area contributed by atoms with Crippen LogP contribution in [0.15, 0.2) is 0 Å². The van der Waals surface area contributed by atoms with E-state index in [1.165, 1.54) is 32.2 Å². The third kappa shape index (κ3) is 3.19. The molecule has 1 saturated carbocycles. The van der Waals surface area contributed by atoms with Crippen LogP contribution in [0.1, 0.15) is 32.6 Å². The molecular weight excluding hydrogens is 198 g/mol. The Hall–Kier alpha value is -0.120. The highest BCUT2D eigenvalue weighted by molar-refractivity contribution is 4.97. The van der Waals surface area contributed by atoms with Gasteiger partial charge in [0, 0.05) is 18.6 Å². The van der Waals surface area contributed by atoms with Gasteiger partial charge < -0.3 is 15.5 Å². The van der Waals surface area contributed by atoms with Crippen molar-refractivity contribution in [3.8, 4) is 0 Å². The first-order valence-electron chi connectivity index (χ1n) is 6.60. The zero-order chi connectivity index (χ0) is 12.2. The molecule has 1 aliphatic carbocycles. The van der Waals surface area contributed by atoms with Gasteiger partial charge in [0.1, 0.15) is 0 Å². The molecule has 0 heterocycles. The fraction of sp³-hybridized carbons (Fsp3) is 1.00. The molecule has 3 nitrogen and oxygen atoms in total. The third-order valence-corrected chi connectivity index (χ3v) is 4.28. The van der Waals surface area contributed by atoms with Crippen molar-refractivity contribution in [3.05, 3.63) is 0 Å². The number of rotatable bonds is 7. The highest BCUT2D eigenvalue weighted by atomic mass is 15.2. The van der Waals surface area contributed by atoms with E-state index in [-0.39, 0.29) is 0 Å². The van der Waals surface area contributed by atoms with Gasteiger partial charge in [-0.1, -0.05) is 13.3 Å². The summed E-state index contributed by atoms with van der Waals surface area (Å²) < 4.78 is 0. The van der Waals surface area contributed by atoms with Crippen LogP contribution >= 0.6 is 0 Å². The molecule has 1 rings (SSSR count). The quantitative estimate of drug-likeness (QED) is 0.713. The summed E-state index contributed by atoms with van der Waals surface area (Å²) in [6, 6.07) is 0. The highest BCUT2D eigenvalue weighted by Crippen LogP contribution is 2.36. The van der Waals surface area contributed by atoms with Crippen LogP contribution in [-0.4, -0.2) is 56.1 Å². The minimum atomic E-state index is 0.446. The Labute approximate surface area is 101 Å². The molecular formula is C13H29N3. The first-order valence-corrected chi connectivity index (χ1v) is 6.60. The number of hydrogen-bond donors (Lipinski definition) is 1. The van der Waals surface area contributed by atoms with Crippen LogP contribution in [0.25, 0.3) is 0 Å². The van der Waals surface area contributed by atoms with Crippen LogP contribution in [-0.2, 0) is 0 Å². The lowest BCUT2D eigenvalue weighted by Gasteiger charge is -2.49. The van der Waals surface area contributed by atoms with E-state index >= 15 is 0 Å². The Morgan fingerprint density at radius 1 is 1.25 bits per heavy atom. The lowest BCUT2D eigenvalue weighted by Crippen LogP contribution is -2.57. The lowest BCUT2D eigenvalue weighted by molar-refractivity contribution is 0.0242. The Balaban J connectivity index is 2.40. The van der Waals surface area contributed by atoms with E-state index in [1.54, 1.807) is 0 Å². The van der Waals surface area contributed by atoms with Gasteiger partial charge in [-0.3, -0.25) is 0 Å². The topological polar surface area (TPSA) is 32.5 Å². The molecule has 0 amide bonds. The molecule has 0 aromatic carbocycles. The maximum Gasteiger partial charge on any atom is 0.0330 e. The van der Waals surface area contributed by atoms with Gasteiger partial charge in [-0.25, -0.2) is 0 Å². The minimum Gasteiger partial charge on any atom is -0.330 e. The second kappa shape index (κ2) is 5.99. The van der Waals surface area contributed by atoms with Crippen LogP contribution in [0.3, 0.4) is 0 Å². The Kier molecular flexibility index (Phi) is 5.22.